The smallest absolute Gasteiger partial charge is 0.410 e. The minimum Gasteiger partial charge on any atom is -0.449 e. The average molecular weight is 389 g/mol. The summed E-state index contributed by atoms with van der Waals surface area (Å²) in [7, 11) is 0. The van der Waals surface area contributed by atoms with Gasteiger partial charge in [-0.15, -0.1) is 0 Å². The maximum atomic E-state index is 13.7. The second-order valence-corrected chi connectivity index (χ2v) is 6.00. The van der Waals surface area contributed by atoms with Gasteiger partial charge in [0.15, 0.2) is 5.82 Å². The quantitative estimate of drug-likeness (QED) is 0.783. The number of ether oxygens (including phenoxy) is 1. The van der Waals surface area contributed by atoms with Crippen molar-refractivity contribution in [2.45, 2.75) is 38.4 Å². The molecule has 2 unspecified atom stereocenters. The van der Waals surface area contributed by atoms with Crippen LogP contribution in [0.5, 0.6) is 0 Å². The van der Waals surface area contributed by atoms with E-state index in [1.54, 1.807) is 0 Å². The van der Waals surface area contributed by atoms with Gasteiger partial charge < -0.3 is 10.1 Å². The Labute approximate surface area is 141 Å². The number of nitrogens with zero attached hydrogens (tertiary/aromatic N) is 3. The van der Waals surface area contributed by atoms with Crippen molar-refractivity contribution in [3.8, 4) is 0 Å². The maximum Gasteiger partial charge on any atom is 0.410 e. The number of halogens is 2. The molecule has 1 N–H and O–H groups in total. The van der Waals surface area contributed by atoms with Crippen molar-refractivity contribution in [1.82, 2.24) is 14.9 Å². The largest absolute Gasteiger partial charge is 0.449 e. The zero-order valence-corrected chi connectivity index (χ0v) is 14.3. The van der Waals surface area contributed by atoms with E-state index in [0.29, 0.717) is 4.60 Å². The number of hydrogen-bond donors (Lipinski definition) is 1. The molecule has 1 saturated heterocycles. The number of anilines is 1. The van der Waals surface area contributed by atoms with Crippen LogP contribution < -0.4 is 5.32 Å². The lowest BCUT2D eigenvalue weighted by atomic mass is 10.2. The standard InChI is InChI=1S/C14H18BrFN4O3/c1-2-3-4-23-14(22)20-8-9(16)5-10(20)13(21)19-12-7-17-6-11(15)18-12/h6-7,9-10H,2-5,8H2,1H3,(H,18,19,21). The lowest BCUT2D eigenvalue weighted by Gasteiger charge is -2.22. The Morgan fingerprint density at radius 1 is 1.52 bits per heavy atom. The van der Waals surface area contributed by atoms with Crippen LogP contribution in [0.4, 0.5) is 15.0 Å². The maximum absolute atomic E-state index is 13.7. The van der Waals surface area contributed by atoms with Crippen LogP contribution in [-0.4, -0.2) is 52.2 Å². The molecule has 0 bridgehead atoms. The lowest BCUT2D eigenvalue weighted by Crippen LogP contribution is -2.43. The SMILES string of the molecule is CCCCOC(=O)N1CC(F)CC1C(=O)Nc1cncc(Br)n1. The van der Waals surface area contributed by atoms with Gasteiger partial charge in [0.1, 0.15) is 16.8 Å². The summed E-state index contributed by atoms with van der Waals surface area (Å²) in [6, 6.07) is -0.917. The summed E-state index contributed by atoms with van der Waals surface area (Å²) in [5.41, 5.74) is 0. The number of nitrogens with one attached hydrogen (secondary N) is 1. The monoisotopic (exact) mass is 388 g/mol. The van der Waals surface area contributed by atoms with Gasteiger partial charge in [-0.25, -0.2) is 14.2 Å². The number of likely N-dealkylation sites (tertiary alicyclic amines) is 1. The fraction of sp³-hybridized carbons (Fsp3) is 0.571. The molecule has 23 heavy (non-hydrogen) atoms. The van der Waals surface area contributed by atoms with Gasteiger partial charge in [0.2, 0.25) is 5.91 Å². The fourth-order valence-corrected chi connectivity index (χ4v) is 2.54. The van der Waals surface area contributed by atoms with Crippen LogP contribution in [0.15, 0.2) is 17.0 Å². The van der Waals surface area contributed by atoms with Gasteiger partial charge in [-0.2, -0.15) is 0 Å². The molecule has 2 rings (SSSR count). The van der Waals surface area contributed by atoms with Crippen molar-refractivity contribution >= 4 is 33.7 Å². The van der Waals surface area contributed by atoms with Gasteiger partial charge >= 0.3 is 6.09 Å². The van der Waals surface area contributed by atoms with E-state index in [-0.39, 0.29) is 25.4 Å². The lowest BCUT2D eigenvalue weighted by molar-refractivity contribution is -0.120. The minimum absolute atomic E-state index is 0.0594. The second kappa shape index (κ2) is 8.19. The van der Waals surface area contributed by atoms with Crippen LogP contribution in [-0.2, 0) is 9.53 Å². The number of rotatable bonds is 5. The van der Waals surface area contributed by atoms with Gasteiger partial charge in [-0.1, -0.05) is 13.3 Å². The number of carbonyl (C=O) groups excluding carboxylic acids is 2. The summed E-state index contributed by atoms with van der Waals surface area (Å²) in [5.74, 6) is -0.282. The summed E-state index contributed by atoms with van der Waals surface area (Å²) in [6.45, 7) is 2.08. The number of alkyl halides is 1. The highest BCUT2D eigenvalue weighted by Gasteiger charge is 2.40. The molecule has 0 saturated carbocycles. The molecule has 2 heterocycles. The number of aromatic nitrogens is 2. The molecule has 1 aliphatic heterocycles. The predicted molar refractivity (Wildman–Crippen MR) is 84.6 cm³/mol. The van der Waals surface area contributed by atoms with Gasteiger partial charge in [0.05, 0.1) is 25.5 Å². The summed E-state index contributed by atoms with van der Waals surface area (Å²) in [4.78, 5) is 33.3. The van der Waals surface area contributed by atoms with E-state index in [2.05, 4.69) is 31.2 Å². The Morgan fingerprint density at radius 2 is 2.30 bits per heavy atom. The Hall–Kier alpha value is -1.77. The first-order valence-corrected chi connectivity index (χ1v) is 8.16. The van der Waals surface area contributed by atoms with E-state index < -0.39 is 24.2 Å². The van der Waals surface area contributed by atoms with E-state index in [1.807, 2.05) is 6.92 Å². The Bertz CT molecular complexity index is 575. The Morgan fingerprint density at radius 3 is 3.00 bits per heavy atom. The minimum atomic E-state index is -1.25. The van der Waals surface area contributed by atoms with Crippen molar-refractivity contribution in [3.05, 3.63) is 17.0 Å². The molecular formula is C14H18BrFN4O3. The van der Waals surface area contributed by atoms with Crippen molar-refractivity contribution in [2.75, 3.05) is 18.5 Å². The van der Waals surface area contributed by atoms with Crippen molar-refractivity contribution in [1.29, 1.82) is 0 Å². The van der Waals surface area contributed by atoms with E-state index in [4.69, 9.17) is 4.74 Å². The normalized spacial score (nSPS) is 20.4. The molecule has 1 aromatic heterocycles. The molecule has 1 aromatic rings. The van der Waals surface area contributed by atoms with Crippen LogP contribution in [0, 0.1) is 0 Å². The first-order valence-electron chi connectivity index (χ1n) is 7.37. The third kappa shape index (κ3) is 4.85. The highest BCUT2D eigenvalue weighted by atomic mass is 79.9. The number of amides is 2. The van der Waals surface area contributed by atoms with E-state index in [1.165, 1.54) is 12.4 Å². The summed E-state index contributed by atoms with van der Waals surface area (Å²) in [5, 5.41) is 2.54. The zero-order chi connectivity index (χ0) is 16.8. The number of carbonyl (C=O) groups is 2. The van der Waals surface area contributed by atoms with Crippen molar-refractivity contribution < 1.29 is 18.7 Å². The average Bonchev–Trinajstić information content (AvgIpc) is 2.89. The molecule has 0 spiro atoms. The molecule has 9 heteroatoms. The molecule has 2 atom stereocenters. The first kappa shape index (κ1) is 17.6. The van der Waals surface area contributed by atoms with Gasteiger partial charge in [-0.05, 0) is 22.4 Å². The number of hydrogen-bond acceptors (Lipinski definition) is 5. The number of unbranched alkanes of at least 4 members (excludes halogenated alkanes) is 1. The van der Waals surface area contributed by atoms with E-state index >= 15 is 0 Å². The first-order chi connectivity index (χ1) is 11.0. The molecule has 126 valence electrons. The highest BCUT2D eigenvalue weighted by Crippen LogP contribution is 2.23. The van der Waals surface area contributed by atoms with Crippen LogP contribution in [0.2, 0.25) is 0 Å². The molecule has 0 aliphatic carbocycles. The van der Waals surface area contributed by atoms with E-state index in [9.17, 15) is 14.0 Å². The van der Waals surface area contributed by atoms with Crippen LogP contribution in [0.25, 0.3) is 0 Å². The van der Waals surface area contributed by atoms with E-state index in [0.717, 1.165) is 17.7 Å². The molecular weight excluding hydrogens is 371 g/mol. The Balaban J connectivity index is 2.00. The van der Waals surface area contributed by atoms with Gasteiger partial charge in [-0.3, -0.25) is 14.7 Å². The van der Waals surface area contributed by atoms with Crippen LogP contribution in [0.1, 0.15) is 26.2 Å². The third-order valence-electron chi connectivity index (χ3n) is 3.37. The van der Waals surface area contributed by atoms with Crippen molar-refractivity contribution in [3.63, 3.8) is 0 Å². The van der Waals surface area contributed by atoms with Gasteiger partial charge in [0.25, 0.3) is 0 Å². The van der Waals surface area contributed by atoms with Crippen LogP contribution in [0.3, 0.4) is 0 Å². The zero-order valence-electron chi connectivity index (χ0n) is 12.7. The predicted octanol–water partition coefficient (Wildman–Crippen LogP) is 2.53. The molecule has 1 fully saturated rings. The molecule has 1 aliphatic rings. The second-order valence-electron chi connectivity index (χ2n) is 5.19. The highest BCUT2D eigenvalue weighted by molar-refractivity contribution is 9.10. The topological polar surface area (TPSA) is 84.4 Å². The van der Waals surface area contributed by atoms with Crippen LogP contribution >= 0.6 is 15.9 Å². The summed E-state index contributed by atoms with van der Waals surface area (Å²) in [6.07, 6.45) is 2.47. The molecule has 7 nitrogen and oxygen atoms in total. The van der Waals surface area contributed by atoms with Crippen molar-refractivity contribution in [2.24, 2.45) is 0 Å². The van der Waals surface area contributed by atoms with Gasteiger partial charge in [0, 0.05) is 6.42 Å². The summed E-state index contributed by atoms with van der Waals surface area (Å²) >= 11 is 3.15. The molecule has 0 radical (unpaired) electrons. The molecule has 2 amide bonds. The summed E-state index contributed by atoms with van der Waals surface area (Å²) < 4.78 is 19.2. The molecule has 0 aromatic carbocycles. The Kier molecular flexibility index (Phi) is 6.26. The third-order valence-corrected chi connectivity index (χ3v) is 3.75. The fourth-order valence-electron chi connectivity index (χ4n) is 2.23.